The third-order valence-corrected chi connectivity index (χ3v) is 5.21. The number of benzene rings is 2. The molecule has 6 nitrogen and oxygen atoms in total. The van der Waals surface area contributed by atoms with Crippen molar-refractivity contribution >= 4 is 33.7 Å². The van der Waals surface area contributed by atoms with E-state index in [4.69, 9.17) is 19.3 Å². The molecule has 0 amide bonds. The van der Waals surface area contributed by atoms with Crippen LogP contribution in [0.1, 0.15) is 25.2 Å². The van der Waals surface area contributed by atoms with E-state index in [2.05, 4.69) is 0 Å². The lowest BCUT2D eigenvalue weighted by molar-refractivity contribution is 0.161. The summed E-state index contributed by atoms with van der Waals surface area (Å²) in [6.07, 6.45) is 3.80. The van der Waals surface area contributed by atoms with E-state index in [9.17, 15) is 9.59 Å². The first-order chi connectivity index (χ1) is 14.2. The Labute approximate surface area is 171 Å². The van der Waals surface area contributed by atoms with Crippen LogP contribution in [0.25, 0.3) is 39.1 Å². The van der Waals surface area contributed by atoms with Gasteiger partial charge in [0.1, 0.15) is 22.5 Å². The second kappa shape index (κ2) is 6.10. The largest absolute Gasteiger partial charge is 0.482 e. The quantitative estimate of drug-likeness (QED) is 0.284. The fourth-order valence-electron chi connectivity index (χ4n) is 3.88. The van der Waals surface area contributed by atoms with Crippen LogP contribution in [0.3, 0.4) is 0 Å². The van der Waals surface area contributed by atoms with Gasteiger partial charge in [0.15, 0.2) is 16.6 Å². The third-order valence-electron chi connectivity index (χ3n) is 5.21. The van der Waals surface area contributed by atoms with Crippen LogP contribution in [0, 0.1) is 6.92 Å². The van der Waals surface area contributed by atoms with Crippen molar-refractivity contribution in [2.24, 2.45) is 0 Å². The van der Waals surface area contributed by atoms with E-state index in [0.717, 1.165) is 5.56 Å². The zero-order valence-electron chi connectivity index (χ0n) is 16.7. The van der Waals surface area contributed by atoms with Crippen molar-refractivity contribution in [3.05, 3.63) is 74.4 Å². The number of aryl methyl sites for hydroxylation is 1. The van der Waals surface area contributed by atoms with Gasteiger partial charge in [-0.25, -0.2) is 4.79 Å². The molecule has 2 aromatic carbocycles. The molecule has 0 aliphatic carbocycles. The van der Waals surface area contributed by atoms with Gasteiger partial charge in [-0.1, -0.05) is 12.1 Å². The molecule has 30 heavy (non-hydrogen) atoms. The molecule has 5 rings (SSSR count). The van der Waals surface area contributed by atoms with E-state index in [1.807, 2.05) is 38.1 Å². The number of nitrogen functional groups attached to an aromatic ring is 1. The van der Waals surface area contributed by atoms with Crippen LogP contribution in [0.2, 0.25) is 0 Å². The highest BCUT2D eigenvalue weighted by molar-refractivity contribution is 6.14. The smallest absolute Gasteiger partial charge is 0.336 e. The van der Waals surface area contributed by atoms with Gasteiger partial charge in [0.05, 0.1) is 10.9 Å². The van der Waals surface area contributed by atoms with Gasteiger partial charge in [0, 0.05) is 23.4 Å². The molecule has 0 bridgehead atoms. The van der Waals surface area contributed by atoms with Crippen LogP contribution < -0.4 is 21.5 Å². The first-order valence-electron chi connectivity index (χ1n) is 9.56. The summed E-state index contributed by atoms with van der Waals surface area (Å²) >= 11 is 0. The summed E-state index contributed by atoms with van der Waals surface area (Å²) in [4.78, 5) is 25.4. The third kappa shape index (κ3) is 2.72. The van der Waals surface area contributed by atoms with Crippen molar-refractivity contribution in [3.8, 4) is 16.9 Å². The van der Waals surface area contributed by atoms with Crippen molar-refractivity contribution < 1.29 is 13.6 Å². The SMILES string of the molecule is Cc1cc(=O)c2c(o1)c1c(c3c(-c4ccc(N)cc4)cc(=O)oc32)OC(C)(C)C=C1. The minimum Gasteiger partial charge on any atom is -0.482 e. The summed E-state index contributed by atoms with van der Waals surface area (Å²) in [7, 11) is 0. The van der Waals surface area contributed by atoms with Crippen LogP contribution in [-0.4, -0.2) is 5.60 Å². The average molecular weight is 401 g/mol. The zero-order valence-corrected chi connectivity index (χ0v) is 16.7. The second-order valence-corrected chi connectivity index (χ2v) is 8.01. The number of ether oxygens (including phenoxy) is 1. The maximum Gasteiger partial charge on any atom is 0.336 e. The summed E-state index contributed by atoms with van der Waals surface area (Å²) in [6, 6.07) is 9.95. The molecule has 0 spiro atoms. The molecule has 4 aromatic rings. The molecule has 2 aromatic heterocycles. The highest BCUT2D eigenvalue weighted by Crippen LogP contribution is 2.45. The van der Waals surface area contributed by atoms with Crippen molar-refractivity contribution in [2.45, 2.75) is 26.4 Å². The van der Waals surface area contributed by atoms with Gasteiger partial charge < -0.3 is 19.3 Å². The van der Waals surface area contributed by atoms with E-state index in [1.54, 1.807) is 19.1 Å². The highest BCUT2D eigenvalue weighted by Gasteiger charge is 2.30. The second-order valence-electron chi connectivity index (χ2n) is 8.01. The molecule has 6 heteroatoms. The summed E-state index contributed by atoms with van der Waals surface area (Å²) in [5.41, 5.74) is 7.50. The molecule has 0 fully saturated rings. The maximum absolute atomic E-state index is 12.9. The Hall–Kier alpha value is -3.80. The van der Waals surface area contributed by atoms with Crippen LogP contribution >= 0.6 is 0 Å². The van der Waals surface area contributed by atoms with Gasteiger partial charge in [0.25, 0.3) is 0 Å². The number of nitrogens with two attached hydrogens (primary N) is 1. The molecule has 0 saturated carbocycles. The van der Waals surface area contributed by atoms with E-state index in [0.29, 0.717) is 39.3 Å². The van der Waals surface area contributed by atoms with Gasteiger partial charge in [-0.05, 0) is 50.6 Å². The Morgan fingerprint density at radius 1 is 0.933 bits per heavy atom. The molecule has 1 aliphatic rings. The summed E-state index contributed by atoms with van der Waals surface area (Å²) in [6.45, 7) is 5.56. The Morgan fingerprint density at radius 2 is 1.67 bits per heavy atom. The average Bonchev–Trinajstić information content (AvgIpc) is 2.66. The van der Waals surface area contributed by atoms with Crippen LogP contribution in [0.4, 0.5) is 5.69 Å². The Kier molecular flexibility index (Phi) is 3.71. The minimum absolute atomic E-state index is 0.155. The van der Waals surface area contributed by atoms with Gasteiger partial charge in [-0.2, -0.15) is 0 Å². The van der Waals surface area contributed by atoms with Crippen LogP contribution in [0.5, 0.6) is 5.75 Å². The normalized spacial score (nSPS) is 14.6. The molecular weight excluding hydrogens is 382 g/mol. The number of rotatable bonds is 1. The topological polar surface area (TPSA) is 95.7 Å². The Balaban J connectivity index is 2.06. The van der Waals surface area contributed by atoms with Gasteiger partial charge in [-0.3, -0.25) is 4.79 Å². The molecule has 0 atom stereocenters. The first kappa shape index (κ1) is 18.2. The monoisotopic (exact) mass is 401 g/mol. The van der Waals surface area contributed by atoms with Crippen LogP contribution in [0.15, 0.2) is 60.9 Å². The number of hydrogen-bond donors (Lipinski definition) is 1. The summed E-state index contributed by atoms with van der Waals surface area (Å²) in [5.74, 6) is 0.971. The molecule has 0 unspecified atom stereocenters. The van der Waals surface area contributed by atoms with Gasteiger partial charge in [-0.15, -0.1) is 0 Å². The zero-order chi connectivity index (χ0) is 21.2. The van der Waals surface area contributed by atoms with E-state index in [1.165, 1.54) is 12.1 Å². The minimum atomic E-state index is -0.591. The fourth-order valence-corrected chi connectivity index (χ4v) is 3.88. The summed E-state index contributed by atoms with van der Waals surface area (Å²) < 4.78 is 17.8. The lowest BCUT2D eigenvalue weighted by Gasteiger charge is -2.29. The van der Waals surface area contributed by atoms with Crippen molar-refractivity contribution in [3.63, 3.8) is 0 Å². The predicted molar refractivity (Wildman–Crippen MR) is 117 cm³/mol. The van der Waals surface area contributed by atoms with E-state index in [-0.39, 0.29) is 16.4 Å². The van der Waals surface area contributed by atoms with Crippen molar-refractivity contribution in [1.29, 1.82) is 0 Å². The number of fused-ring (bicyclic) bond motifs is 6. The lowest BCUT2D eigenvalue weighted by Crippen LogP contribution is -2.28. The number of hydrogen-bond acceptors (Lipinski definition) is 6. The highest BCUT2D eigenvalue weighted by atomic mass is 16.5. The molecule has 0 saturated heterocycles. The van der Waals surface area contributed by atoms with Crippen LogP contribution in [-0.2, 0) is 0 Å². The molecular formula is C24H19NO5. The number of anilines is 1. The van der Waals surface area contributed by atoms with Gasteiger partial charge in [0.2, 0.25) is 0 Å². The predicted octanol–water partition coefficient (Wildman–Crippen LogP) is 4.64. The van der Waals surface area contributed by atoms with Crippen molar-refractivity contribution in [1.82, 2.24) is 0 Å². The molecule has 2 N–H and O–H groups in total. The fraction of sp³-hybridized carbons (Fsp3) is 0.167. The maximum atomic E-state index is 12.9. The lowest BCUT2D eigenvalue weighted by atomic mass is 9.93. The standard InChI is InChI=1S/C24H19NO5/c1-12-10-17(26)20-21(28-12)15-8-9-24(2,3)30-22(15)19-16(11-18(27)29-23(19)20)13-4-6-14(25)7-5-13/h4-11H,25H2,1-3H3. The van der Waals surface area contributed by atoms with Crippen molar-refractivity contribution in [2.75, 3.05) is 5.73 Å². The summed E-state index contributed by atoms with van der Waals surface area (Å²) in [5, 5.41) is 0.771. The van der Waals surface area contributed by atoms with E-state index < -0.39 is 11.2 Å². The Bertz CT molecular complexity index is 1490. The Morgan fingerprint density at radius 3 is 2.40 bits per heavy atom. The molecule has 0 radical (unpaired) electrons. The first-order valence-corrected chi connectivity index (χ1v) is 9.56. The molecule has 1 aliphatic heterocycles. The molecule has 150 valence electrons. The van der Waals surface area contributed by atoms with E-state index >= 15 is 0 Å². The van der Waals surface area contributed by atoms with Gasteiger partial charge >= 0.3 is 5.63 Å². The molecule has 3 heterocycles.